The molecule has 0 aromatic carbocycles. The van der Waals surface area contributed by atoms with Crippen molar-refractivity contribution in [2.75, 3.05) is 24.7 Å². The lowest BCUT2D eigenvalue weighted by molar-refractivity contribution is 0.0105. The van der Waals surface area contributed by atoms with Crippen LogP contribution in [0.1, 0.15) is 0 Å². The molecule has 120 valence electrons. The van der Waals surface area contributed by atoms with E-state index in [0.29, 0.717) is 0 Å². The average molecular weight is 334 g/mol. The first-order valence-electron chi connectivity index (χ1n) is 5.76. The summed E-state index contributed by atoms with van der Waals surface area (Å²) in [5, 5.41) is 46.3. The molecule has 11 heteroatoms. The standard InChI is InChI=1S/C9H18O9S2/c10-1-7(18-20(15,16)17)5(12)3-19-4-6(13)9(14)8(19)2-11/h5-14H,1-4H2/t5-,6+,7+,8-,9+,19?/m1/s1. The number of rotatable bonds is 7. The molecule has 1 unspecified atom stereocenters. The highest BCUT2D eigenvalue weighted by Gasteiger charge is 2.50. The topological polar surface area (TPSA) is 168 Å². The molecular weight excluding hydrogens is 316 g/mol. The van der Waals surface area contributed by atoms with Crippen LogP contribution < -0.4 is 0 Å². The van der Waals surface area contributed by atoms with Gasteiger partial charge in [0.25, 0.3) is 0 Å². The Kier molecular flexibility index (Phi) is 6.63. The minimum absolute atomic E-state index is 0.111. The van der Waals surface area contributed by atoms with Gasteiger partial charge in [0.1, 0.15) is 35.9 Å². The average Bonchev–Trinajstić information content (AvgIpc) is 2.60. The van der Waals surface area contributed by atoms with Crippen LogP contribution in [0.4, 0.5) is 0 Å². The summed E-state index contributed by atoms with van der Waals surface area (Å²) >= 11 is 0. The molecule has 1 aliphatic rings. The zero-order valence-corrected chi connectivity index (χ0v) is 12.0. The number of aliphatic hydroxyl groups excluding tert-OH is 5. The van der Waals surface area contributed by atoms with E-state index in [9.17, 15) is 28.3 Å². The van der Waals surface area contributed by atoms with Crippen molar-refractivity contribution in [2.24, 2.45) is 0 Å². The Hall–Kier alpha value is 0.0200. The first-order chi connectivity index (χ1) is 9.19. The molecule has 20 heavy (non-hydrogen) atoms. The van der Waals surface area contributed by atoms with Crippen LogP contribution in [0.3, 0.4) is 0 Å². The Morgan fingerprint density at radius 2 is 1.95 bits per heavy atom. The molecule has 0 amide bonds. The Morgan fingerprint density at radius 1 is 1.35 bits per heavy atom. The first kappa shape index (κ1) is 18.1. The number of aliphatic hydroxyl groups is 5. The second-order valence-electron chi connectivity index (χ2n) is 4.44. The molecule has 1 rings (SSSR count). The van der Waals surface area contributed by atoms with Crippen LogP contribution in [0, 0.1) is 0 Å². The summed E-state index contributed by atoms with van der Waals surface area (Å²) in [6.45, 7) is -1.28. The molecule has 1 fully saturated rings. The van der Waals surface area contributed by atoms with Crippen molar-refractivity contribution in [3.05, 3.63) is 0 Å². The molecule has 0 spiro atoms. The van der Waals surface area contributed by atoms with Crippen LogP contribution in [0.15, 0.2) is 0 Å². The molecule has 5 N–H and O–H groups in total. The Labute approximate surface area is 119 Å². The van der Waals surface area contributed by atoms with Crippen molar-refractivity contribution in [1.29, 1.82) is 0 Å². The van der Waals surface area contributed by atoms with E-state index in [1.54, 1.807) is 0 Å². The van der Waals surface area contributed by atoms with Gasteiger partial charge in [-0.1, -0.05) is 0 Å². The van der Waals surface area contributed by atoms with E-state index < -0.39 is 64.2 Å². The smallest absolute Gasteiger partial charge is 0.218 e. The third kappa shape index (κ3) is 4.79. The summed E-state index contributed by atoms with van der Waals surface area (Å²) < 4.78 is 35.4. The maximum atomic E-state index is 10.4. The lowest BCUT2D eigenvalue weighted by Crippen LogP contribution is -2.42. The molecule has 1 aliphatic heterocycles. The van der Waals surface area contributed by atoms with Crippen molar-refractivity contribution >= 4 is 21.3 Å². The monoisotopic (exact) mass is 334 g/mol. The van der Waals surface area contributed by atoms with Crippen molar-refractivity contribution in [2.45, 2.75) is 29.7 Å². The molecule has 0 aromatic heterocycles. The predicted octanol–water partition coefficient (Wildman–Crippen LogP) is -4.10. The number of hydrogen-bond donors (Lipinski definition) is 5. The lowest BCUT2D eigenvalue weighted by atomic mass is 10.2. The SMILES string of the molecule is O=S(=O)([O-])O[C@@H](CO)[C@H](O)C[S+]1C[C@H](O)[C@H](O)[C@H]1CO. The van der Waals surface area contributed by atoms with E-state index in [0.717, 1.165) is 0 Å². The summed E-state index contributed by atoms with van der Waals surface area (Å²) in [5.74, 6) is 0.0197. The van der Waals surface area contributed by atoms with E-state index in [1.165, 1.54) is 0 Å². The van der Waals surface area contributed by atoms with Gasteiger partial charge in [0, 0.05) is 10.9 Å². The van der Waals surface area contributed by atoms with Gasteiger partial charge in [0.15, 0.2) is 5.25 Å². The third-order valence-corrected chi connectivity index (χ3v) is 6.31. The van der Waals surface area contributed by atoms with E-state index in [4.69, 9.17) is 10.2 Å². The summed E-state index contributed by atoms with van der Waals surface area (Å²) in [5.41, 5.74) is 0. The van der Waals surface area contributed by atoms with Gasteiger partial charge in [-0.25, -0.2) is 8.42 Å². The fourth-order valence-corrected chi connectivity index (χ4v) is 5.18. The second-order valence-corrected chi connectivity index (χ2v) is 7.80. The zero-order valence-electron chi connectivity index (χ0n) is 10.4. The normalized spacial score (nSPS) is 34.1. The minimum atomic E-state index is -5.07. The van der Waals surface area contributed by atoms with Crippen molar-refractivity contribution in [1.82, 2.24) is 0 Å². The van der Waals surface area contributed by atoms with Crippen LogP contribution in [0.5, 0.6) is 0 Å². The predicted molar refractivity (Wildman–Crippen MR) is 67.6 cm³/mol. The van der Waals surface area contributed by atoms with E-state index in [-0.39, 0.29) is 11.5 Å². The Bertz CT molecular complexity index is 400. The summed E-state index contributed by atoms with van der Waals surface area (Å²) in [6.07, 6.45) is -5.26. The van der Waals surface area contributed by atoms with E-state index >= 15 is 0 Å². The molecule has 1 saturated heterocycles. The lowest BCUT2D eigenvalue weighted by Gasteiger charge is -2.22. The molecule has 9 nitrogen and oxygen atoms in total. The van der Waals surface area contributed by atoms with Crippen molar-refractivity contribution < 1.29 is 42.7 Å². The van der Waals surface area contributed by atoms with Gasteiger partial charge < -0.3 is 30.1 Å². The zero-order chi connectivity index (χ0) is 15.5. The largest absolute Gasteiger partial charge is 0.726 e. The third-order valence-electron chi connectivity index (χ3n) is 3.00. The molecule has 0 aromatic rings. The van der Waals surface area contributed by atoms with Crippen LogP contribution >= 0.6 is 0 Å². The maximum Gasteiger partial charge on any atom is 0.218 e. The van der Waals surface area contributed by atoms with Crippen LogP contribution in [0.2, 0.25) is 0 Å². The quantitative estimate of drug-likeness (QED) is 0.176. The molecule has 1 heterocycles. The first-order valence-corrected chi connectivity index (χ1v) is 8.71. The summed E-state index contributed by atoms with van der Waals surface area (Å²) in [4.78, 5) is 0. The molecule has 0 bridgehead atoms. The van der Waals surface area contributed by atoms with E-state index in [1.807, 2.05) is 0 Å². The number of hydrogen-bond acceptors (Lipinski definition) is 9. The van der Waals surface area contributed by atoms with Gasteiger partial charge in [-0.05, 0) is 0 Å². The Balaban J connectivity index is 2.66. The van der Waals surface area contributed by atoms with Gasteiger partial charge >= 0.3 is 0 Å². The minimum Gasteiger partial charge on any atom is -0.726 e. The molecule has 0 radical (unpaired) electrons. The van der Waals surface area contributed by atoms with Gasteiger partial charge in [0.2, 0.25) is 10.4 Å². The summed E-state index contributed by atoms with van der Waals surface area (Å²) in [6, 6.07) is 0. The van der Waals surface area contributed by atoms with Gasteiger partial charge in [0.05, 0.1) is 13.2 Å². The molecular formula is C9H18O9S2. The maximum absolute atomic E-state index is 10.4. The highest BCUT2D eigenvalue weighted by Crippen LogP contribution is 2.25. The van der Waals surface area contributed by atoms with Gasteiger partial charge in [-0.3, -0.25) is 4.18 Å². The highest BCUT2D eigenvalue weighted by molar-refractivity contribution is 7.97. The fourth-order valence-electron chi connectivity index (χ4n) is 1.99. The molecule has 0 saturated carbocycles. The fraction of sp³-hybridized carbons (Fsp3) is 1.00. The van der Waals surface area contributed by atoms with Crippen LogP contribution in [0.25, 0.3) is 0 Å². The van der Waals surface area contributed by atoms with E-state index in [2.05, 4.69) is 4.18 Å². The Morgan fingerprint density at radius 3 is 2.40 bits per heavy atom. The second kappa shape index (κ2) is 7.33. The van der Waals surface area contributed by atoms with Gasteiger partial charge in [-0.15, -0.1) is 0 Å². The van der Waals surface area contributed by atoms with Gasteiger partial charge in [-0.2, -0.15) is 0 Å². The molecule has 6 atom stereocenters. The van der Waals surface area contributed by atoms with Crippen molar-refractivity contribution in [3.8, 4) is 0 Å². The summed E-state index contributed by atoms with van der Waals surface area (Å²) in [7, 11) is -5.86. The van der Waals surface area contributed by atoms with Crippen LogP contribution in [-0.2, 0) is 25.5 Å². The molecule has 0 aliphatic carbocycles. The highest BCUT2D eigenvalue weighted by atomic mass is 32.3. The van der Waals surface area contributed by atoms with Crippen molar-refractivity contribution in [3.63, 3.8) is 0 Å². The van der Waals surface area contributed by atoms with Crippen LogP contribution in [-0.4, -0.2) is 92.9 Å².